The van der Waals surface area contributed by atoms with Gasteiger partial charge in [-0.3, -0.25) is 4.79 Å². The number of piperazine rings is 1. The molecule has 0 saturated carbocycles. The smallest absolute Gasteiger partial charge is 0.219 e. The van der Waals surface area contributed by atoms with Gasteiger partial charge in [0.05, 0.1) is 13.7 Å². The van der Waals surface area contributed by atoms with Crippen molar-refractivity contribution in [2.24, 2.45) is 4.99 Å². The highest BCUT2D eigenvalue weighted by Crippen LogP contribution is 2.19. The molecule has 1 aromatic rings. The lowest BCUT2D eigenvalue weighted by Gasteiger charge is -2.36. The zero-order chi connectivity index (χ0) is 17.5. The molecular formula is C18H29IN4O2. The molecule has 25 heavy (non-hydrogen) atoms. The Labute approximate surface area is 167 Å². The summed E-state index contributed by atoms with van der Waals surface area (Å²) in [7, 11) is 1.68. The summed E-state index contributed by atoms with van der Waals surface area (Å²) in [5.74, 6) is 1.95. The molecule has 7 heteroatoms. The van der Waals surface area contributed by atoms with Crippen molar-refractivity contribution in [1.82, 2.24) is 15.1 Å². The number of nitrogens with zero attached hydrogens (tertiary/aromatic N) is 3. The number of rotatable bonds is 4. The largest absolute Gasteiger partial charge is 0.496 e. The van der Waals surface area contributed by atoms with E-state index >= 15 is 0 Å². The minimum absolute atomic E-state index is 0. The maximum Gasteiger partial charge on any atom is 0.219 e. The molecule has 0 atom stereocenters. The molecule has 1 aliphatic heterocycles. The van der Waals surface area contributed by atoms with E-state index in [9.17, 15) is 4.79 Å². The number of aliphatic imine (C=N–C) groups is 1. The van der Waals surface area contributed by atoms with Crippen LogP contribution in [-0.4, -0.2) is 61.5 Å². The Morgan fingerprint density at radius 1 is 1.24 bits per heavy atom. The highest BCUT2D eigenvalue weighted by molar-refractivity contribution is 14.0. The number of ether oxygens (including phenoxy) is 1. The molecule has 1 N–H and O–H groups in total. The predicted molar refractivity (Wildman–Crippen MR) is 112 cm³/mol. The summed E-state index contributed by atoms with van der Waals surface area (Å²) in [6.07, 6.45) is 0. The first-order valence-electron chi connectivity index (χ1n) is 8.47. The number of carbonyl (C=O) groups excluding carboxylic acids is 1. The van der Waals surface area contributed by atoms with E-state index in [1.165, 1.54) is 0 Å². The van der Waals surface area contributed by atoms with E-state index in [0.717, 1.165) is 55.6 Å². The molecule has 2 rings (SSSR count). The summed E-state index contributed by atoms with van der Waals surface area (Å²) >= 11 is 0. The van der Waals surface area contributed by atoms with Crippen LogP contribution in [0.2, 0.25) is 0 Å². The molecule has 1 saturated heterocycles. The molecule has 0 aromatic heterocycles. The van der Waals surface area contributed by atoms with Gasteiger partial charge in [0.25, 0.3) is 0 Å². The molecule has 1 aliphatic rings. The first kappa shape index (κ1) is 21.5. The van der Waals surface area contributed by atoms with E-state index in [0.29, 0.717) is 6.54 Å². The second kappa shape index (κ2) is 10.5. The van der Waals surface area contributed by atoms with E-state index in [-0.39, 0.29) is 29.9 Å². The van der Waals surface area contributed by atoms with Gasteiger partial charge in [-0.1, -0.05) is 12.1 Å². The van der Waals surface area contributed by atoms with Gasteiger partial charge in [-0.25, -0.2) is 4.99 Å². The third kappa shape index (κ3) is 6.05. The number of guanidine groups is 1. The molecule has 0 aliphatic carbocycles. The van der Waals surface area contributed by atoms with Gasteiger partial charge in [-0.15, -0.1) is 24.0 Å². The zero-order valence-corrected chi connectivity index (χ0v) is 17.9. The quantitative estimate of drug-likeness (QED) is 0.426. The lowest BCUT2D eigenvalue weighted by Crippen LogP contribution is -2.53. The molecule has 140 valence electrons. The Morgan fingerprint density at radius 3 is 2.40 bits per heavy atom. The predicted octanol–water partition coefficient (Wildman–Crippen LogP) is 2.25. The maximum absolute atomic E-state index is 11.4. The van der Waals surface area contributed by atoms with Crippen molar-refractivity contribution in [2.45, 2.75) is 27.3 Å². The molecule has 0 unspecified atom stereocenters. The monoisotopic (exact) mass is 460 g/mol. The van der Waals surface area contributed by atoms with E-state index in [1.54, 1.807) is 14.0 Å². The zero-order valence-electron chi connectivity index (χ0n) is 15.5. The molecule has 1 heterocycles. The van der Waals surface area contributed by atoms with Crippen molar-refractivity contribution < 1.29 is 9.53 Å². The van der Waals surface area contributed by atoms with Gasteiger partial charge >= 0.3 is 0 Å². The number of halogens is 1. The minimum Gasteiger partial charge on any atom is -0.496 e. The molecule has 1 fully saturated rings. The van der Waals surface area contributed by atoms with Crippen LogP contribution in [0.1, 0.15) is 25.0 Å². The lowest BCUT2D eigenvalue weighted by atomic mass is 10.1. The highest BCUT2D eigenvalue weighted by Gasteiger charge is 2.20. The van der Waals surface area contributed by atoms with Crippen LogP contribution in [0, 0.1) is 6.92 Å². The number of hydrogen-bond donors (Lipinski definition) is 1. The van der Waals surface area contributed by atoms with Crippen molar-refractivity contribution in [2.75, 3.05) is 39.8 Å². The number of methoxy groups -OCH3 is 1. The van der Waals surface area contributed by atoms with Gasteiger partial charge in [-0.05, 0) is 31.0 Å². The Kier molecular flexibility index (Phi) is 9.02. The fourth-order valence-corrected chi connectivity index (χ4v) is 2.86. The van der Waals surface area contributed by atoms with Crippen LogP contribution < -0.4 is 10.1 Å². The number of hydrogen-bond acceptors (Lipinski definition) is 3. The van der Waals surface area contributed by atoms with Gasteiger partial charge in [-0.2, -0.15) is 0 Å². The summed E-state index contributed by atoms with van der Waals surface area (Å²) in [4.78, 5) is 20.3. The van der Waals surface area contributed by atoms with Crippen LogP contribution in [-0.2, 0) is 11.3 Å². The number of benzene rings is 1. The first-order valence-corrected chi connectivity index (χ1v) is 8.47. The van der Waals surface area contributed by atoms with Gasteiger partial charge in [0.2, 0.25) is 5.91 Å². The van der Waals surface area contributed by atoms with Gasteiger partial charge in [0, 0.05) is 39.6 Å². The molecule has 6 nitrogen and oxygen atoms in total. The van der Waals surface area contributed by atoms with Crippen LogP contribution in [0.25, 0.3) is 0 Å². The standard InChI is InChI=1S/C18H28N4O2.HI/c1-5-19-18(22-10-8-21(9-11-22)15(3)23)20-13-16-6-7-17(24-4)14(2)12-16;/h6-7,12H,5,8-11,13H2,1-4H3,(H,19,20);1H. The van der Waals surface area contributed by atoms with Gasteiger partial charge in [0.15, 0.2) is 5.96 Å². The fraction of sp³-hybridized carbons (Fsp3) is 0.556. The molecule has 0 spiro atoms. The minimum atomic E-state index is 0. The Hall–Kier alpha value is -1.51. The number of nitrogens with one attached hydrogen (secondary N) is 1. The van der Waals surface area contributed by atoms with Crippen molar-refractivity contribution in [3.63, 3.8) is 0 Å². The van der Waals surface area contributed by atoms with E-state index in [1.807, 2.05) is 24.0 Å². The molecule has 0 bridgehead atoms. The Morgan fingerprint density at radius 2 is 1.88 bits per heavy atom. The second-order valence-corrected chi connectivity index (χ2v) is 5.97. The number of carbonyl (C=O) groups is 1. The fourth-order valence-electron chi connectivity index (χ4n) is 2.86. The second-order valence-electron chi connectivity index (χ2n) is 5.97. The van der Waals surface area contributed by atoms with Crippen LogP contribution in [0.3, 0.4) is 0 Å². The van der Waals surface area contributed by atoms with Crippen LogP contribution in [0.5, 0.6) is 5.75 Å². The lowest BCUT2D eigenvalue weighted by molar-refractivity contribution is -0.130. The normalized spacial score (nSPS) is 14.8. The van der Waals surface area contributed by atoms with Crippen molar-refractivity contribution >= 4 is 35.8 Å². The Bertz CT molecular complexity index is 599. The Balaban J connectivity index is 0.00000312. The van der Waals surface area contributed by atoms with Crippen molar-refractivity contribution in [1.29, 1.82) is 0 Å². The summed E-state index contributed by atoms with van der Waals surface area (Å²) in [5.41, 5.74) is 2.27. The summed E-state index contributed by atoms with van der Waals surface area (Å²) in [5, 5.41) is 3.35. The first-order chi connectivity index (χ1) is 11.5. The topological polar surface area (TPSA) is 57.2 Å². The van der Waals surface area contributed by atoms with Gasteiger partial charge < -0.3 is 19.9 Å². The number of aryl methyl sites for hydroxylation is 1. The van der Waals surface area contributed by atoms with Crippen molar-refractivity contribution in [3.05, 3.63) is 29.3 Å². The van der Waals surface area contributed by atoms with Crippen LogP contribution in [0.4, 0.5) is 0 Å². The molecule has 1 aromatic carbocycles. The third-order valence-electron chi connectivity index (χ3n) is 4.23. The van der Waals surface area contributed by atoms with E-state index in [2.05, 4.69) is 23.2 Å². The molecule has 0 radical (unpaired) electrons. The highest BCUT2D eigenvalue weighted by atomic mass is 127. The maximum atomic E-state index is 11.4. The van der Waals surface area contributed by atoms with Crippen LogP contribution >= 0.6 is 24.0 Å². The van der Waals surface area contributed by atoms with Crippen LogP contribution in [0.15, 0.2) is 23.2 Å². The average Bonchev–Trinajstić information content (AvgIpc) is 2.59. The van der Waals surface area contributed by atoms with E-state index in [4.69, 9.17) is 9.73 Å². The van der Waals surface area contributed by atoms with E-state index < -0.39 is 0 Å². The summed E-state index contributed by atoms with van der Waals surface area (Å²) in [6.45, 7) is 10.3. The SMILES string of the molecule is CCNC(=NCc1ccc(OC)c(C)c1)N1CCN(C(C)=O)CC1.I. The number of amides is 1. The third-order valence-corrected chi connectivity index (χ3v) is 4.23. The summed E-state index contributed by atoms with van der Waals surface area (Å²) in [6, 6.07) is 6.14. The van der Waals surface area contributed by atoms with Gasteiger partial charge in [0.1, 0.15) is 5.75 Å². The molecule has 1 amide bonds. The average molecular weight is 460 g/mol. The molecular weight excluding hydrogens is 431 g/mol. The summed E-state index contributed by atoms with van der Waals surface area (Å²) < 4.78 is 5.30. The van der Waals surface area contributed by atoms with Crippen molar-refractivity contribution in [3.8, 4) is 5.75 Å².